The van der Waals surface area contributed by atoms with E-state index in [1.54, 1.807) is 6.92 Å². The van der Waals surface area contributed by atoms with Gasteiger partial charge in [0.25, 0.3) is 0 Å². The minimum absolute atomic E-state index is 0.0307. The smallest absolute Gasteiger partial charge is 0.326 e. The van der Waals surface area contributed by atoms with Crippen LogP contribution in [0, 0.1) is 11.3 Å². The molecule has 104 valence electrons. The van der Waals surface area contributed by atoms with Gasteiger partial charge < -0.3 is 5.32 Å². The molecule has 0 unspecified atom stereocenters. The van der Waals surface area contributed by atoms with Crippen LogP contribution >= 0.6 is 0 Å². The molecule has 1 aromatic carbocycles. The van der Waals surface area contributed by atoms with Gasteiger partial charge in [-0.05, 0) is 18.2 Å². The molecule has 0 saturated carbocycles. The number of hydrogen-bond donors (Lipinski definition) is 1. The van der Waals surface area contributed by atoms with Crippen molar-refractivity contribution >= 4 is 11.6 Å². The first kappa shape index (κ1) is 17.0. The zero-order chi connectivity index (χ0) is 15.1. The first-order chi connectivity index (χ1) is 8.88. The van der Waals surface area contributed by atoms with Gasteiger partial charge in [-0.15, -0.1) is 0 Å². The van der Waals surface area contributed by atoms with E-state index in [-0.39, 0.29) is 18.0 Å². The average molecular weight is 272 g/mol. The molecule has 0 saturated heterocycles. The molecular weight excluding hydrogens is 257 g/mol. The standard InChI is InChI=1S/C11H9F3N2O.C2H6/c1-2-10(17)16-8-4-3-7(6-15)9(5-8)11(12,13)14;1-2/h3-5H,2H2,1H3,(H,16,17);1-2H3. The van der Waals surface area contributed by atoms with Crippen molar-refractivity contribution in [1.82, 2.24) is 0 Å². The zero-order valence-electron chi connectivity index (χ0n) is 10.9. The highest BCUT2D eigenvalue weighted by molar-refractivity contribution is 5.90. The quantitative estimate of drug-likeness (QED) is 0.886. The van der Waals surface area contributed by atoms with Gasteiger partial charge in [-0.3, -0.25) is 4.79 Å². The Kier molecular flexibility index (Phi) is 6.62. The van der Waals surface area contributed by atoms with E-state index >= 15 is 0 Å². The summed E-state index contributed by atoms with van der Waals surface area (Å²) in [5.41, 5.74) is -1.48. The van der Waals surface area contributed by atoms with Gasteiger partial charge in [0.05, 0.1) is 17.2 Å². The number of halogens is 3. The maximum atomic E-state index is 12.6. The molecule has 0 radical (unpaired) electrons. The van der Waals surface area contributed by atoms with Crippen LogP contribution in [0.5, 0.6) is 0 Å². The molecule has 0 fully saturated rings. The van der Waals surface area contributed by atoms with E-state index in [0.29, 0.717) is 0 Å². The van der Waals surface area contributed by atoms with Gasteiger partial charge in [0.15, 0.2) is 0 Å². The molecule has 0 aliphatic carbocycles. The maximum Gasteiger partial charge on any atom is 0.417 e. The Balaban J connectivity index is 0.00000154. The molecule has 19 heavy (non-hydrogen) atoms. The Morgan fingerprint density at radius 1 is 1.37 bits per heavy atom. The lowest BCUT2D eigenvalue weighted by Crippen LogP contribution is -2.12. The summed E-state index contributed by atoms with van der Waals surface area (Å²) in [7, 11) is 0. The Bertz CT molecular complexity index is 476. The second-order valence-electron chi connectivity index (χ2n) is 3.27. The van der Waals surface area contributed by atoms with E-state index in [1.165, 1.54) is 12.1 Å². The van der Waals surface area contributed by atoms with Crippen LogP contribution in [0.1, 0.15) is 38.3 Å². The topological polar surface area (TPSA) is 52.9 Å². The summed E-state index contributed by atoms with van der Waals surface area (Å²) in [6, 6.07) is 4.52. The second-order valence-corrected chi connectivity index (χ2v) is 3.27. The van der Waals surface area contributed by atoms with Gasteiger partial charge in [0, 0.05) is 12.1 Å². The SMILES string of the molecule is CC.CCC(=O)Nc1ccc(C#N)c(C(F)(F)F)c1. The number of anilines is 1. The Hall–Kier alpha value is -2.03. The van der Waals surface area contributed by atoms with Crippen molar-refractivity contribution in [3.05, 3.63) is 29.3 Å². The van der Waals surface area contributed by atoms with Gasteiger partial charge in [-0.2, -0.15) is 18.4 Å². The van der Waals surface area contributed by atoms with Crippen molar-refractivity contribution < 1.29 is 18.0 Å². The molecule has 1 amide bonds. The molecule has 1 N–H and O–H groups in total. The van der Waals surface area contributed by atoms with E-state index in [1.807, 2.05) is 13.8 Å². The van der Waals surface area contributed by atoms with Crippen LogP contribution in [-0.4, -0.2) is 5.91 Å². The summed E-state index contributed by atoms with van der Waals surface area (Å²) < 4.78 is 37.7. The summed E-state index contributed by atoms with van der Waals surface area (Å²) in [4.78, 5) is 11.0. The molecule has 1 aromatic rings. The molecule has 0 aliphatic rings. The van der Waals surface area contributed by atoms with Gasteiger partial charge in [-0.1, -0.05) is 20.8 Å². The highest BCUT2D eigenvalue weighted by Gasteiger charge is 2.33. The maximum absolute atomic E-state index is 12.6. The molecule has 0 bridgehead atoms. The first-order valence-electron chi connectivity index (χ1n) is 5.79. The first-order valence-corrected chi connectivity index (χ1v) is 5.79. The number of nitrogens with one attached hydrogen (secondary N) is 1. The van der Waals surface area contributed by atoms with Crippen molar-refractivity contribution in [1.29, 1.82) is 5.26 Å². The lowest BCUT2D eigenvalue weighted by molar-refractivity contribution is -0.137. The predicted molar refractivity (Wildman–Crippen MR) is 66.4 cm³/mol. The Morgan fingerprint density at radius 3 is 2.37 bits per heavy atom. The highest BCUT2D eigenvalue weighted by atomic mass is 19.4. The van der Waals surface area contributed by atoms with Gasteiger partial charge in [0.2, 0.25) is 5.91 Å². The zero-order valence-corrected chi connectivity index (χ0v) is 10.9. The van der Waals surface area contributed by atoms with Crippen LogP contribution in [0.15, 0.2) is 18.2 Å². The Labute approximate surface area is 110 Å². The van der Waals surface area contributed by atoms with Crippen LogP contribution in [0.4, 0.5) is 18.9 Å². The summed E-state index contributed by atoms with van der Waals surface area (Å²) in [6.07, 6.45) is -4.45. The third-order valence-corrected chi connectivity index (χ3v) is 2.05. The van der Waals surface area contributed by atoms with Crippen LogP contribution in [0.25, 0.3) is 0 Å². The lowest BCUT2D eigenvalue weighted by atomic mass is 10.1. The van der Waals surface area contributed by atoms with Gasteiger partial charge in [-0.25, -0.2) is 0 Å². The van der Waals surface area contributed by atoms with Crippen LogP contribution < -0.4 is 5.32 Å². The van der Waals surface area contributed by atoms with Crippen molar-refractivity contribution in [3.8, 4) is 6.07 Å². The summed E-state index contributed by atoms with van der Waals surface area (Å²) in [5, 5.41) is 10.9. The largest absolute Gasteiger partial charge is 0.417 e. The van der Waals surface area contributed by atoms with Crippen LogP contribution in [-0.2, 0) is 11.0 Å². The number of alkyl halides is 3. The van der Waals surface area contributed by atoms with Crippen molar-refractivity contribution in [2.45, 2.75) is 33.4 Å². The Morgan fingerprint density at radius 2 is 1.95 bits per heavy atom. The van der Waals surface area contributed by atoms with E-state index in [2.05, 4.69) is 5.32 Å². The normalized spacial score (nSPS) is 9.95. The van der Waals surface area contributed by atoms with E-state index in [0.717, 1.165) is 12.1 Å². The molecule has 6 heteroatoms. The molecular formula is C13H15F3N2O. The fraction of sp³-hybridized carbons (Fsp3) is 0.385. The number of nitrogens with zero attached hydrogens (tertiary/aromatic N) is 1. The monoisotopic (exact) mass is 272 g/mol. The number of benzene rings is 1. The second kappa shape index (κ2) is 7.41. The van der Waals surface area contributed by atoms with Crippen molar-refractivity contribution in [2.24, 2.45) is 0 Å². The number of carbonyl (C=O) groups is 1. The lowest BCUT2D eigenvalue weighted by Gasteiger charge is -2.11. The molecule has 0 heterocycles. The van der Waals surface area contributed by atoms with Crippen molar-refractivity contribution in [3.63, 3.8) is 0 Å². The number of carbonyl (C=O) groups excluding carboxylic acids is 1. The third-order valence-electron chi connectivity index (χ3n) is 2.05. The molecule has 0 aromatic heterocycles. The third kappa shape index (κ3) is 5.00. The number of hydrogen-bond acceptors (Lipinski definition) is 2. The van der Waals surface area contributed by atoms with E-state index in [4.69, 9.17) is 5.26 Å². The summed E-state index contributed by atoms with van der Waals surface area (Å²) in [6.45, 7) is 5.59. The molecule has 1 rings (SSSR count). The van der Waals surface area contributed by atoms with Gasteiger partial charge >= 0.3 is 6.18 Å². The number of rotatable bonds is 2. The van der Waals surface area contributed by atoms with Gasteiger partial charge in [0.1, 0.15) is 0 Å². The number of amides is 1. The minimum atomic E-state index is -4.61. The predicted octanol–water partition coefficient (Wildman–Crippen LogP) is 3.95. The molecule has 0 spiro atoms. The van der Waals surface area contributed by atoms with Crippen LogP contribution in [0.3, 0.4) is 0 Å². The van der Waals surface area contributed by atoms with Crippen molar-refractivity contribution in [2.75, 3.05) is 5.32 Å². The van der Waals surface area contributed by atoms with Crippen LogP contribution in [0.2, 0.25) is 0 Å². The molecule has 0 atom stereocenters. The molecule has 0 aliphatic heterocycles. The fourth-order valence-corrected chi connectivity index (χ4v) is 1.20. The average Bonchev–Trinajstić information content (AvgIpc) is 2.39. The fourth-order valence-electron chi connectivity index (χ4n) is 1.20. The summed E-state index contributed by atoms with van der Waals surface area (Å²) in [5.74, 6) is -0.386. The number of nitriles is 1. The highest BCUT2D eigenvalue weighted by Crippen LogP contribution is 2.33. The molecule has 3 nitrogen and oxygen atoms in total. The van der Waals surface area contributed by atoms with E-state index < -0.39 is 17.3 Å². The van der Waals surface area contributed by atoms with E-state index in [9.17, 15) is 18.0 Å². The minimum Gasteiger partial charge on any atom is -0.326 e. The summed E-state index contributed by atoms with van der Waals surface area (Å²) >= 11 is 0.